The smallest absolute Gasteiger partial charge is 0.244 e. The van der Waals surface area contributed by atoms with Crippen LogP contribution in [0.4, 0.5) is 0 Å². The van der Waals surface area contributed by atoms with E-state index in [1.807, 2.05) is 0 Å². The lowest BCUT2D eigenvalue weighted by molar-refractivity contribution is 0.166. The first-order valence-corrected chi connectivity index (χ1v) is 9.29. The molecule has 1 atom stereocenters. The van der Waals surface area contributed by atoms with E-state index in [9.17, 15) is 8.42 Å². The molecule has 1 aromatic carbocycles. The lowest BCUT2D eigenvalue weighted by atomic mass is 9.80. The normalized spacial score (nSPS) is 26.1. The van der Waals surface area contributed by atoms with E-state index in [0.717, 1.165) is 32.4 Å². The van der Waals surface area contributed by atoms with E-state index in [1.165, 1.54) is 6.07 Å². The van der Waals surface area contributed by atoms with Crippen LogP contribution in [0.5, 0.6) is 0 Å². The molecule has 1 aromatic rings. The standard InChI is InChI=1S/C14H18Cl2N2O2S.ClH/c15-11-3-1-4-12(13(11)16)21(19,20)18-8-2-5-14(10-18)6-7-17-9-14;/h1,3-4,17H,2,5-10H2;1H. The van der Waals surface area contributed by atoms with Gasteiger partial charge in [-0.05, 0) is 43.4 Å². The average molecular weight is 386 g/mol. The molecule has 1 N–H and O–H groups in total. The number of halogens is 3. The van der Waals surface area contributed by atoms with Crippen molar-refractivity contribution >= 4 is 45.6 Å². The molecule has 8 heteroatoms. The van der Waals surface area contributed by atoms with Gasteiger partial charge in [-0.1, -0.05) is 29.3 Å². The van der Waals surface area contributed by atoms with Crippen molar-refractivity contribution in [2.24, 2.45) is 5.41 Å². The molecule has 0 radical (unpaired) electrons. The van der Waals surface area contributed by atoms with Crippen molar-refractivity contribution in [3.63, 3.8) is 0 Å². The third kappa shape index (κ3) is 3.25. The molecule has 3 rings (SSSR count). The van der Waals surface area contributed by atoms with Crippen LogP contribution < -0.4 is 5.32 Å². The Morgan fingerprint density at radius 3 is 2.68 bits per heavy atom. The zero-order chi connectivity index (χ0) is 15.1. The molecule has 2 saturated heterocycles. The zero-order valence-corrected chi connectivity index (χ0v) is 15.2. The van der Waals surface area contributed by atoms with Crippen LogP contribution in [0.15, 0.2) is 23.1 Å². The Kier molecular flexibility index (Phi) is 5.68. The Balaban J connectivity index is 0.00000176. The van der Waals surface area contributed by atoms with E-state index in [1.54, 1.807) is 16.4 Å². The molecule has 124 valence electrons. The molecule has 0 amide bonds. The van der Waals surface area contributed by atoms with Crippen molar-refractivity contribution in [1.29, 1.82) is 0 Å². The van der Waals surface area contributed by atoms with Crippen LogP contribution in [-0.2, 0) is 10.0 Å². The minimum atomic E-state index is -3.59. The molecule has 2 aliphatic rings. The number of nitrogens with one attached hydrogen (secondary N) is 1. The predicted octanol–water partition coefficient (Wildman–Crippen LogP) is 3.18. The van der Waals surface area contributed by atoms with Crippen LogP contribution >= 0.6 is 35.6 Å². The van der Waals surface area contributed by atoms with Gasteiger partial charge < -0.3 is 5.32 Å². The van der Waals surface area contributed by atoms with Gasteiger partial charge >= 0.3 is 0 Å². The van der Waals surface area contributed by atoms with Crippen LogP contribution in [-0.4, -0.2) is 38.9 Å². The first-order chi connectivity index (χ1) is 9.95. The molecule has 0 aliphatic carbocycles. The van der Waals surface area contributed by atoms with Crippen LogP contribution in [0.2, 0.25) is 10.0 Å². The summed E-state index contributed by atoms with van der Waals surface area (Å²) in [6.45, 7) is 2.96. The fourth-order valence-electron chi connectivity index (χ4n) is 3.33. The number of hydrogen-bond acceptors (Lipinski definition) is 3. The van der Waals surface area contributed by atoms with Gasteiger partial charge in [0, 0.05) is 19.6 Å². The van der Waals surface area contributed by atoms with Crippen molar-refractivity contribution in [3.8, 4) is 0 Å². The molecule has 22 heavy (non-hydrogen) atoms. The molecule has 1 unspecified atom stereocenters. The van der Waals surface area contributed by atoms with Crippen molar-refractivity contribution in [3.05, 3.63) is 28.2 Å². The zero-order valence-electron chi connectivity index (χ0n) is 12.0. The van der Waals surface area contributed by atoms with E-state index < -0.39 is 10.0 Å². The minimum Gasteiger partial charge on any atom is -0.316 e. The highest BCUT2D eigenvalue weighted by Crippen LogP contribution is 2.39. The Labute approximate surface area is 147 Å². The summed E-state index contributed by atoms with van der Waals surface area (Å²) < 4.78 is 27.3. The van der Waals surface area contributed by atoms with E-state index in [0.29, 0.717) is 13.1 Å². The fraction of sp³-hybridized carbons (Fsp3) is 0.571. The molecular weight excluding hydrogens is 367 g/mol. The predicted molar refractivity (Wildman–Crippen MR) is 91.6 cm³/mol. The van der Waals surface area contributed by atoms with Gasteiger partial charge in [0.1, 0.15) is 4.90 Å². The van der Waals surface area contributed by atoms with E-state index >= 15 is 0 Å². The Morgan fingerprint density at radius 1 is 1.23 bits per heavy atom. The largest absolute Gasteiger partial charge is 0.316 e. The Morgan fingerprint density at radius 2 is 2.00 bits per heavy atom. The number of benzene rings is 1. The molecule has 0 bridgehead atoms. The maximum absolute atomic E-state index is 12.9. The van der Waals surface area contributed by atoms with E-state index in [-0.39, 0.29) is 32.8 Å². The summed E-state index contributed by atoms with van der Waals surface area (Å²) in [5.41, 5.74) is 0.0797. The molecule has 2 heterocycles. The van der Waals surface area contributed by atoms with Gasteiger partial charge in [0.25, 0.3) is 0 Å². The van der Waals surface area contributed by atoms with Crippen molar-refractivity contribution in [2.75, 3.05) is 26.2 Å². The second-order valence-electron chi connectivity index (χ2n) is 5.92. The maximum Gasteiger partial charge on any atom is 0.244 e. The summed E-state index contributed by atoms with van der Waals surface area (Å²) in [6, 6.07) is 4.75. The number of sulfonamides is 1. The minimum absolute atomic E-state index is 0. The second kappa shape index (κ2) is 6.83. The van der Waals surface area contributed by atoms with Crippen molar-refractivity contribution < 1.29 is 8.42 Å². The van der Waals surface area contributed by atoms with Gasteiger partial charge in [-0.25, -0.2) is 8.42 Å². The monoisotopic (exact) mass is 384 g/mol. The van der Waals surface area contributed by atoms with Crippen LogP contribution in [0.25, 0.3) is 0 Å². The third-order valence-electron chi connectivity index (χ3n) is 4.49. The number of rotatable bonds is 2. The van der Waals surface area contributed by atoms with Gasteiger partial charge in [0.2, 0.25) is 10.0 Å². The molecule has 0 aromatic heterocycles. The molecule has 2 aliphatic heterocycles. The third-order valence-corrected chi connectivity index (χ3v) is 7.31. The van der Waals surface area contributed by atoms with E-state index in [2.05, 4.69) is 5.32 Å². The van der Waals surface area contributed by atoms with Crippen molar-refractivity contribution in [2.45, 2.75) is 24.2 Å². The summed E-state index contributed by atoms with van der Waals surface area (Å²) >= 11 is 12.1. The number of nitrogens with zero attached hydrogens (tertiary/aromatic N) is 1. The quantitative estimate of drug-likeness (QED) is 0.850. The molecule has 0 saturated carbocycles. The lowest BCUT2D eigenvalue weighted by Crippen LogP contribution is -2.47. The van der Waals surface area contributed by atoms with Crippen LogP contribution in [0, 0.1) is 5.41 Å². The summed E-state index contributed by atoms with van der Waals surface area (Å²) in [5.74, 6) is 0. The topological polar surface area (TPSA) is 49.4 Å². The number of hydrogen-bond donors (Lipinski definition) is 1. The molecule has 4 nitrogen and oxygen atoms in total. The summed E-state index contributed by atoms with van der Waals surface area (Å²) in [5, 5.41) is 3.73. The molecule has 1 spiro atoms. The summed E-state index contributed by atoms with van der Waals surface area (Å²) in [6.07, 6.45) is 3.00. The first-order valence-electron chi connectivity index (χ1n) is 7.10. The van der Waals surface area contributed by atoms with Crippen LogP contribution in [0.3, 0.4) is 0 Å². The van der Waals surface area contributed by atoms with Gasteiger partial charge in [-0.2, -0.15) is 4.31 Å². The fourth-order valence-corrected chi connectivity index (χ4v) is 5.66. The summed E-state index contributed by atoms with van der Waals surface area (Å²) in [4.78, 5) is 0.111. The number of piperidine rings is 1. The Hall–Kier alpha value is -0.0400. The SMILES string of the molecule is Cl.O=S(=O)(c1cccc(Cl)c1Cl)N1CCCC2(CCNC2)C1. The maximum atomic E-state index is 12.9. The molecular formula is C14H19Cl3N2O2S. The van der Waals surface area contributed by atoms with E-state index in [4.69, 9.17) is 23.2 Å². The highest BCUT2D eigenvalue weighted by molar-refractivity contribution is 7.89. The Bertz CT molecular complexity index is 645. The highest BCUT2D eigenvalue weighted by atomic mass is 35.5. The highest BCUT2D eigenvalue weighted by Gasteiger charge is 2.42. The molecule has 2 fully saturated rings. The van der Waals surface area contributed by atoms with Crippen LogP contribution in [0.1, 0.15) is 19.3 Å². The van der Waals surface area contributed by atoms with Crippen molar-refractivity contribution in [1.82, 2.24) is 9.62 Å². The second-order valence-corrected chi connectivity index (χ2v) is 8.61. The average Bonchev–Trinajstić information content (AvgIpc) is 2.89. The van der Waals surface area contributed by atoms with Gasteiger partial charge in [0.15, 0.2) is 0 Å². The first kappa shape index (κ1) is 18.3. The van der Waals surface area contributed by atoms with Gasteiger partial charge in [-0.3, -0.25) is 0 Å². The lowest BCUT2D eigenvalue weighted by Gasteiger charge is -2.39. The van der Waals surface area contributed by atoms with Gasteiger partial charge in [0.05, 0.1) is 10.0 Å². The summed E-state index contributed by atoms with van der Waals surface area (Å²) in [7, 11) is -3.59. The van der Waals surface area contributed by atoms with Gasteiger partial charge in [-0.15, -0.1) is 12.4 Å².